The van der Waals surface area contributed by atoms with Gasteiger partial charge in [-0.1, -0.05) is 0 Å². The molecule has 2 aromatic rings. The number of carbonyl (C=O) groups excluding carboxylic acids is 2. The van der Waals surface area contributed by atoms with Crippen LogP contribution in [-0.4, -0.2) is 33.3 Å². The monoisotopic (exact) mass is 421 g/mol. The first kappa shape index (κ1) is 22.3. The minimum atomic E-state index is -0.906. The van der Waals surface area contributed by atoms with Crippen LogP contribution in [0.15, 0.2) is 29.6 Å². The number of benzene rings is 1. The molecule has 29 heavy (non-hydrogen) atoms. The average molecular weight is 421 g/mol. The molecule has 0 aliphatic rings. The number of aromatic nitrogens is 1. The molecule has 0 saturated carbocycles. The Labute approximate surface area is 172 Å². The van der Waals surface area contributed by atoms with E-state index in [1.807, 2.05) is 0 Å². The first-order valence-corrected chi connectivity index (χ1v) is 9.61. The first-order valence-electron chi connectivity index (χ1n) is 8.73. The summed E-state index contributed by atoms with van der Waals surface area (Å²) in [6, 6.07) is 5.80. The van der Waals surface area contributed by atoms with Crippen molar-refractivity contribution in [1.29, 1.82) is 0 Å². The number of nitro benzene ring substituents is 1. The number of hydrogen-bond acceptors (Lipinski definition) is 8. The fourth-order valence-electron chi connectivity index (χ4n) is 2.10. The van der Waals surface area contributed by atoms with E-state index in [1.54, 1.807) is 59.1 Å². The maximum Gasteiger partial charge on any atom is 0.426 e. The standard InChI is InChI=1S/C19H23N3O6S/c1-18(2,3)27-16(23)21(17(24)28-19(4,5)6)15-20-14(11-29-15)12-7-9-13(10-8-12)22(25)26/h7-11H,1-6H3. The van der Waals surface area contributed by atoms with Gasteiger partial charge in [0.1, 0.15) is 11.2 Å². The van der Waals surface area contributed by atoms with Gasteiger partial charge in [-0.2, -0.15) is 4.90 Å². The van der Waals surface area contributed by atoms with Gasteiger partial charge in [0.2, 0.25) is 5.13 Å². The zero-order valence-electron chi connectivity index (χ0n) is 17.1. The van der Waals surface area contributed by atoms with Crippen molar-refractivity contribution in [3.63, 3.8) is 0 Å². The molecule has 0 aliphatic heterocycles. The van der Waals surface area contributed by atoms with E-state index in [4.69, 9.17) is 9.47 Å². The Morgan fingerprint density at radius 1 is 1.00 bits per heavy atom. The van der Waals surface area contributed by atoms with Crippen molar-refractivity contribution in [3.05, 3.63) is 39.8 Å². The molecule has 10 heteroatoms. The quantitative estimate of drug-likeness (QED) is 0.482. The molecule has 1 heterocycles. The largest absolute Gasteiger partial charge is 0.443 e. The average Bonchev–Trinajstić information content (AvgIpc) is 3.01. The van der Waals surface area contributed by atoms with Gasteiger partial charge >= 0.3 is 12.2 Å². The van der Waals surface area contributed by atoms with Gasteiger partial charge in [0, 0.05) is 23.1 Å². The summed E-state index contributed by atoms with van der Waals surface area (Å²) in [7, 11) is 0. The van der Waals surface area contributed by atoms with Crippen LogP contribution in [0, 0.1) is 10.1 Å². The highest BCUT2D eigenvalue weighted by atomic mass is 32.1. The summed E-state index contributed by atoms with van der Waals surface area (Å²) in [6.07, 6.45) is -1.81. The van der Waals surface area contributed by atoms with Gasteiger partial charge in [-0.05, 0) is 53.7 Å². The van der Waals surface area contributed by atoms with Crippen molar-refractivity contribution < 1.29 is 24.0 Å². The van der Waals surface area contributed by atoms with Crippen LogP contribution in [0.2, 0.25) is 0 Å². The smallest absolute Gasteiger partial charge is 0.426 e. The Hall–Kier alpha value is -3.01. The fraction of sp³-hybridized carbons (Fsp3) is 0.421. The highest BCUT2D eigenvalue weighted by Crippen LogP contribution is 2.30. The Balaban J connectivity index is 2.37. The number of non-ortho nitro benzene ring substituents is 1. The van der Waals surface area contributed by atoms with Crippen LogP contribution < -0.4 is 4.90 Å². The Kier molecular flexibility index (Phi) is 6.27. The van der Waals surface area contributed by atoms with Crippen LogP contribution in [0.4, 0.5) is 20.4 Å². The first-order chi connectivity index (χ1) is 13.3. The van der Waals surface area contributed by atoms with E-state index >= 15 is 0 Å². The lowest BCUT2D eigenvalue weighted by Gasteiger charge is -2.27. The van der Waals surface area contributed by atoms with Crippen LogP contribution in [-0.2, 0) is 9.47 Å². The molecule has 2 rings (SSSR count). The molecule has 0 radical (unpaired) electrons. The molecule has 0 atom stereocenters. The molecule has 2 amide bonds. The molecule has 0 aliphatic carbocycles. The second-order valence-corrected chi connectivity index (χ2v) is 8.95. The van der Waals surface area contributed by atoms with Gasteiger partial charge in [-0.3, -0.25) is 10.1 Å². The fourth-order valence-corrected chi connectivity index (χ4v) is 2.91. The Morgan fingerprint density at radius 3 is 1.90 bits per heavy atom. The molecule has 1 aromatic heterocycles. The maximum atomic E-state index is 12.6. The van der Waals surface area contributed by atoms with E-state index in [0.29, 0.717) is 11.3 Å². The molecular formula is C19H23N3O6S. The molecule has 0 bridgehead atoms. The van der Waals surface area contributed by atoms with E-state index < -0.39 is 28.3 Å². The summed E-state index contributed by atoms with van der Waals surface area (Å²) in [5.74, 6) is 0. The summed E-state index contributed by atoms with van der Waals surface area (Å²) in [5, 5.41) is 12.5. The van der Waals surface area contributed by atoms with E-state index in [0.717, 1.165) is 16.2 Å². The minimum absolute atomic E-state index is 0.0478. The second-order valence-electron chi connectivity index (χ2n) is 8.12. The predicted octanol–water partition coefficient (Wildman–Crippen LogP) is 5.39. The van der Waals surface area contributed by atoms with Crippen molar-refractivity contribution >= 4 is 34.3 Å². The molecule has 0 N–H and O–H groups in total. The van der Waals surface area contributed by atoms with Crippen LogP contribution in [0.3, 0.4) is 0 Å². The predicted molar refractivity (Wildman–Crippen MR) is 109 cm³/mol. The lowest BCUT2D eigenvalue weighted by atomic mass is 10.1. The highest BCUT2D eigenvalue weighted by molar-refractivity contribution is 7.14. The minimum Gasteiger partial charge on any atom is -0.443 e. The number of carbonyl (C=O) groups is 2. The van der Waals surface area contributed by atoms with Gasteiger partial charge in [0.25, 0.3) is 5.69 Å². The van der Waals surface area contributed by atoms with Crippen LogP contribution in [0.5, 0.6) is 0 Å². The summed E-state index contributed by atoms with van der Waals surface area (Å²) < 4.78 is 10.6. The summed E-state index contributed by atoms with van der Waals surface area (Å²) >= 11 is 1.05. The number of imide groups is 1. The molecular weight excluding hydrogens is 398 g/mol. The number of anilines is 1. The normalized spacial score (nSPS) is 11.7. The van der Waals surface area contributed by atoms with E-state index in [1.165, 1.54) is 12.1 Å². The molecule has 0 unspecified atom stereocenters. The SMILES string of the molecule is CC(C)(C)OC(=O)N(C(=O)OC(C)(C)C)c1nc(-c2ccc([N+](=O)[O-])cc2)cs1. The van der Waals surface area contributed by atoms with Gasteiger partial charge in [0.15, 0.2) is 0 Å². The van der Waals surface area contributed by atoms with E-state index in [-0.39, 0.29) is 10.8 Å². The topological polar surface area (TPSA) is 112 Å². The zero-order valence-corrected chi connectivity index (χ0v) is 17.9. The Morgan fingerprint density at radius 2 is 1.48 bits per heavy atom. The number of nitro groups is 1. The van der Waals surface area contributed by atoms with Crippen LogP contribution in [0.25, 0.3) is 11.3 Å². The summed E-state index contributed by atoms with van der Waals surface area (Å²) in [4.78, 5) is 40.7. The lowest BCUT2D eigenvalue weighted by molar-refractivity contribution is -0.384. The third-order valence-electron chi connectivity index (χ3n) is 3.21. The lowest BCUT2D eigenvalue weighted by Crippen LogP contribution is -2.43. The van der Waals surface area contributed by atoms with Crippen molar-refractivity contribution in [2.24, 2.45) is 0 Å². The van der Waals surface area contributed by atoms with E-state index in [9.17, 15) is 19.7 Å². The molecule has 0 saturated heterocycles. The van der Waals surface area contributed by atoms with Crippen molar-refractivity contribution in [1.82, 2.24) is 4.98 Å². The molecule has 9 nitrogen and oxygen atoms in total. The van der Waals surface area contributed by atoms with Gasteiger partial charge in [-0.15, -0.1) is 11.3 Å². The number of thiazole rings is 1. The van der Waals surface area contributed by atoms with E-state index in [2.05, 4.69) is 4.98 Å². The number of ether oxygens (including phenoxy) is 2. The summed E-state index contributed by atoms with van der Waals surface area (Å²) in [6.45, 7) is 10.1. The third-order valence-corrected chi connectivity index (χ3v) is 4.04. The molecule has 156 valence electrons. The van der Waals surface area contributed by atoms with Gasteiger partial charge in [0.05, 0.1) is 10.6 Å². The summed E-state index contributed by atoms with van der Waals surface area (Å²) in [5.41, 5.74) is -0.636. The number of hydrogen-bond donors (Lipinski definition) is 0. The zero-order chi connectivity index (χ0) is 22.0. The third kappa shape index (κ3) is 6.24. The number of rotatable bonds is 3. The second kappa shape index (κ2) is 8.16. The highest BCUT2D eigenvalue weighted by Gasteiger charge is 2.34. The van der Waals surface area contributed by atoms with Crippen molar-refractivity contribution in [2.75, 3.05) is 4.90 Å². The number of amides is 2. The number of nitrogens with zero attached hydrogens (tertiary/aromatic N) is 3. The van der Waals surface area contributed by atoms with Crippen LogP contribution >= 0.6 is 11.3 Å². The van der Waals surface area contributed by atoms with Crippen molar-refractivity contribution in [2.45, 2.75) is 52.7 Å². The maximum absolute atomic E-state index is 12.6. The Bertz CT molecular complexity index is 881. The van der Waals surface area contributed by atoms with Gasteiger partial charge < -0.3 is 9.47 Å². The van der Waals surface area contributed by atoms with Gasteiger partial charge in [-0.25, -0.2) is 14.6 Å². The van der Waals surface area contributed by atoms with Crippen LogP contribution in [0.1, 0.15) is 41.5 Å². The molecule has 1 aromatic carbocycles. The van der Waals surface area contributed by atoms with Crippen molar-refractivity contribution in [3.8, 4) is 11.3 Å². The molecule has 0 fully saturated rings. The molecule has 0 spiro atoms.